The molecular formula is C6H4N2S2. The highest BCUT2D eigenvalue weighted by Gasteiger charge is 1.77. The SMILES string of the molecule is N#CSCC#CCSC#N. The van der Waals surface area contributed by atoms with Crippen molar-refractivity contribution >= 4 is 23.5 Å². The van der Waals surface area contributed by atoms with Crippen molar-refractivity contribution in [1.29, 1.82) is 10.5 Å². The molecule has 0 amide bonds. The lowest BCUT2D eigenvalue weighted by Gasteiger charge is -1.75. The van der Waals surface area contributed by atoms with Crippen LogP contribution in [0.3, 0.4) is 0 Å². The predicted molar refractivity (Wildman–Crippen MR) is 43.9 cm³/mol. The number of hydrogen-bond donors (Lipinski definition) is 0. The van der Waals surface area contributed by atoms with Crippen LogP contribution in [0.1, 0.15) is 0 Å². The summed E-state index contributed by atoms with van der Waals surface area (Å²) in [4.78, 5) is 0. The average molecular weight is 168 g/mol. The van der Waals surface area contributed by atoms with E-state index in [1.807, 2.05) is 10.8 Å². The first-order chi connectivity index (χ1) is 4.91. The minimum atomic E-state index is 0.530. The van der Waals surface area contributed by atoms with Crippen LogP contribution >= 0.6 is 23.5 Å². The molecule has 0 N–H and O–H groups in total. The van der Waals surface area contributed by atoms with Gasteiger partial charge in [-0.3, -0.25) is 0 Å². The van der Waals surface area contributed by atoms with Gasteiger partial charge in [0.05, 0.1) is 11.5 Å². The minimum Gasteiger partial charge on any atom is -0.185 e. The summed E-state index contributed by atoms with van der Waals surface area (Å²) in [5, 5.41) is 19.9. The van der Waals surface area contributed by atoms with E-state index in [2.05, 4.69) is 11.8 Å². The summed E-state index contributed by atoms with van der Waals surface area (Å²) in [5.74, 6) is 6.54. The van der Waals surface area contributed by atoms with Crippen molar-refractivity contribution in [2.45, 2.75) is 0 Å². The maximum absolute atomic E-state index is 8.06. The first-order valence-corrected chi connectivity index (χ1v) is 4.36. The van der Waals surface area contributed by atoms with Gasteiger partial charge in [-0.1, -0.05) is 11.8 Å². The van der Waals surface area contributed by atoms with E-state index in [-0.39, 0.29) is 0 Å². The fourth-order valence-corrected chi connectivity index (χ4v) is 0.716. The molecule has 0 aliphatic heterocycles. The summed E-state index contributed by atoms with van der Waals surface area (Å²) >= 11 is 2.21. The van der Waals surface area contributed by atoms with E-state index in [4.69, 9.17) is 10.5 Å². The van der Waals surface area contributed by atoms with Gasteiger partial charge in [-0.15, -0.1) is 0 Å². The van der Waals surface area contributed by atoms with E-state index in [1.165, 1.54) is 0 Å². The smallest absolute Gasteiger partial charge is 0.134 e. The van der Waals surface area contributed by atoms with E-state index in [9.17, 15) is 0 Å². The molecule has 0 rings (SSSR count). The Kier molecular flexibility index (Phi) is 7.61. The molecule has 0 radical (unpaired) electrons. The lowest BCUT2D eigenvalue weighted by atomic mass is 10.7. The van der Waals surface area contributed by atoms with E-state index in [0.29, 0.717) is 11.5 Å². The van der Waals surface area contributed by atoms with Crippen molar-refractivity contribution in [2.24, 2.45) is 0 Å². The van der Waals surface area contributed by atoms with Gasteiger partial charge >= 0.3 is 0 Å². The second-order valence-corrected chi connectivity index (χ2v) is 2.63. The monoisotopic (exact) mass is 168 g/mol. The molecule has 0 saturated heterocycles. The van der Waals surface area contributed by atoms with Gasteiger partial charge in [0.2, 0.25) is 0 Å². The Bertz CT molecular complexity index is 191. The third kappa shape index (κ3) is 7.24. The number of nitrogens with zero attached hydrogens (tertiary/aromatic N) is 2. The summed E-state index contributed by atoms with van der Waals surface area (Å²) in [6.45, 7) is 0. The molecule has 0 unspecified atom stereocenters. The fraction of sp³-hybridized carbons (Fsp3) is 0.333. The molecule has 0 aliphatic carbocycles. The maximum atomic E-state index is 8.06. The van der Waals surface area contributed by atoms with E-state index < -0.39 is 0 Å². The van der Waals surface area contributed by atoms with Gasteiger partial charge in [0, 0.05) is 0 Å². The summed E-state index contributed by atoms with van der Waals surface area (Å²) in [5.41, 5.74) is 0. The van der Waals surface area contributed by atoms with Crippen LogP contribution in [0.25, 0.3) is 0 Å². The Labute approximate surface area is 68.6 Å². The Balaban J connectivity index is 3.18. The molecule has 0 atom stereocenters. The van der Waals surface area contributed by atoms with Gasteiger partial charge in [0.1, 0.15) is 10.8 Å². The van der Waals surface area contributed by atoms with Crippen LogP contribution in [-0.2, 0) is 0 Å². The van der Waals surface area contributed by atoms with Crippen molar-refractivity contribution in [3.8, 4) is 22.6 Å². The van der Waals surface area contributed by atoms with Crippen molar-refractivity contribution < 1.29 is 0 Å². The predicted octanol–water partition coefficient (Wildman–Crippen LogP) is 1.42. The second-order valence-electron chi connectivity index (χ2n) is 1.11. The van der Waals surface area contributed by atoms with Gasteiger partial charge in [-0.2, -0.15) is 10.5 Å². The third-order valence-corrected chi connectivity index (χ3v) is 1.38. The van der Waals surface area contributed by atoms with Crippen LogP contribution in [0.2, 0.25) is 0 Å². The van der Waals surface area contributed by atoms with Crippen molar-refractivity contribution in [2.75, 3.05) is 11.5 Å². The first-order valence-electron chi connectivity index (χ1n) is 2.39. The highest BCUT2D eigenvalue weighted by Crippen LogP contribution is 1.94. The molecule has 0 aromatic heterocycles. The van der Waals surface area contributed by atoms with E-state index in [0.717, 1.165) is 23.5 Å². The zero-order chi connectivity index (χ0) is 7.66. The lowest BCUT2D eigenvalue weighted by Crippen LogP contribution is -1.69. The zero-order valence-electron chi connectivity index (χ0n) is 5.13. The van der Waals surface area contributed by atoms with Crippen molar-refractivity contribution in [3.63, 3.8) is 0 Å². The Morgan fingerprint density at radius 3 is 1.60 bits per heavy atom. The van der Waals surface area contributed by atoms with Crippen LogP contribution < -0.4 is 0 Å². The number of rotatable bonds is 2. The zero-order valence-corrected chi connectivity index (χ0v) is 6.76. The van der Waals surface area contributed by atoms with E-state index in [1.54, 1.807) is 0 Å². The Morgan fingerprint density at radius 2 is 1.30 bits per heavy atom. The molecule has 0 fully saturated rings. The fourth-order valence-electron chi connectivity index (χ4n) is 0.239. The van der Waals surface area contributed by atoms with Gasteiger partial charge in [-0.05, 0) is 23.5 Å². The lowest BCUT2D eigenvalue weighted by molar-refractivity contribution is 1.57. The van der Waals surface area contributed by atoms with Crippen LogP contribution in [0, 0.1) is 33.2 Å². The molecule has 0 bridgehead atoms. The summed E-state index contributed by atoms with van der Waals surface area (Å²) < 4.78 is 0. The highest BCUT2D eigenvalue weighted by molar-refractivity contribution is 8.04. The second kappa shape index (κ2) is 8.24. The summed E-state index contributed by atoms with van der Waals surface area (Å²) in [7, 11) is 0. The summed E-state index contributed by atoms with van der Waals surface area (Å²) in [6, 6.07) is 0. The normalized spacial score (nSPS) is 6.60. The third-order valence-electron chi connectivity index (χ3n) is 0.543. The minimum absolute atomic E-state index is 0.530. The van der Waals surface area contributed by atoms with Gasteiger partial charge < -0.3 is 0 Å². The van der Waals surface area contributed by atoms with Crippen LogP contribution in [0.5, 0.6) is 0 Å². The molecule has 4 heteroatoms. The topological polar surface area (TPSA) is 47.6 Å². The summed E-state index contributed by atoms with van der Waals surface area (Å²) in [6.07, 6.45) is 0. The van der Waals surface area contributed by atoms with Crippen LogP contribution in [0.15, 0.2) is 0 Å². The molecule has 10 heavy (non-hydrogen) atoms. The number of nitriles is 2. The molecule has 2 nitrogen and oxygen atoms in total. The number of hydrogen-bond acceptors (Lipinski definition) is 4. The van der Waals surface area contributed by atoms with Crippen molar-refractivity contribution in [3.05, 3.63) is 0 Å². The highest BCUT2D eigenvalue weighted by atomic mass is 32.2. The molecule has 0 spiro atoms. The largest absolute Gasteiger partial charge is 0.185 e. The number of thioether (sulfide) groups is 2. The first kappa shape index (κ1) is 9.24. The van der Waals surface area contributed by atoms with Gasteiger partial charge in [-0.25, -0.2) is 0 Å². The molecule has 0 heterocycles. The maximum Gasteiger partial charge on any atom is 0.134 e. The van der Waals surface area contributed by atoms with Gasteiger partial charge in [0.15, 0.2) is 0 Å². The van der Waals surface area contributed by atoms with Crippen LogP contribution in [0.4, 0.5) is 0 Å². The molecule has 0 saturated carbocycles. The van der Waals surface area contributed by atoms with Gasteiger partial charge in [0.25, 0.3) is 0 Å². The molecule has 50 valence electrons. The molecule has 0 aromatic carbocycles. The van der Waals surface area contributed by atoms with Crippen molar-refractivity contribution in [1.82, 2.24) is 0 Å². The molecule has 0 aromatic rings. The molecular weight excluding hydrogens is 164 g/mol. The Hall–Kier alpha value is -0.760. The van der Waals surface area contributed by atoms with Crippen LogP contribution in [-0.4, -0.2) is 11.5 Å². The average Bonchev–Trinajstić information content (AvgIpc) is 1.97. The Morgan fingerprint density at radius 1 is 0.900 bits per heavy atom. The van der Waals surface area contributed by atoms with E-state index >= 15 is 0 Å². The quantitative estimate of drug-likeness (QED) is 0.355. The number of thiocyanates is 2. The molecule has 0 aliphatic rings. The standard InChI is InChI=1S/C6H4N2S2/c7-5-9-3-1-2-4-10-6-8/h3-4H2.